The first-order valence-corrected chi connectivity index (χ1v) is 16.4. The van der Waals surface area contributed by atoms with Crippen LogP contribution in [-0.2, 0) is 0 Å². The average Bonchev–Trinajstić information content (AvgIpc) is 3.12. The third-order valence-electron chi connectivity index (χ3n) is 9.85. The molecule has 0 radical (unpaired) electrons. The minimum absolute atomic E-state index is 0.0921. The molecule has 2 nitrogen and oxygen atoms in total. The van der Waals surface area contributed by atoms with Crippen LogP contribution in [0.15, 0.2) is 152 Å². The first kappa shape index (κ1) is 29.6. The van der Waals surface area contributed by atoms with Gasteiger partial charge in [0.15, 0.2) is 0 Å². The first-order chi connectivity index (χ1) is 23.5. The van der Waals surface area contributed by atoms with Crippen LogP contribution in [0.5, 0.6) is 23.0 Å². The number of aryl methyl sites for hydroxylation is 2. The normalized spacial score (nSPS) is 12.9. The Balaban J connectivity index is 1.44. The van der Waals surface area contributed by atoms with Gasteiger partial charge in [-0.1, -0.05) is 128 Å². The van der Waals surface area contributed by atoms with Gasteiger partial charge in [-0.25, -0.2) is 0 Å². The Hall–Kier alpha value is -5.80. The molecular weight excluding hydrogens is 583 g/mol. The summed E-state index contributed by atoms with van der Waals surface area (Å²) in [5.41, 5.74) is 15.6. The number of ether oxygens (including phenoxy) is 2. The maximum Gasteiger partial charge on any atom is 0.260 e. The highest BCUT2D eigenvalue weighted by Crippen LogP contribution is 2.47. The van der Waals surface area contributed by atoms with Crippen molar-refractivity contribution in [3.8, 4) is 56.4 Å². The minimum atomic E-state index is -0.0921. The molecule has 0 unspecified atom stereocenters. The van der Waals surface area contributed by atoms with Crippen molar-refractivity contribution in [3.05, 3.63) is 169 Å². The summed E-state index contributed by atoms with van der Waals surface area (Å²) in [6.45, 7) is 14.4. The SMILES string of the molecule is C=C/C(C)=C(\C=C)c1ccc2c(c1)Oc1c(-c3ccccc3)cc(-c3ccccc3C)c3c1B2c1ccc(-c2ccccc2C)cc1O3. The van der Waals surface area contributed by atoms with Crippen LogP contribution in [-0.4, -0.2) is 6.71 Å². The second kappa shape index (κ2) is 11.8. The molecule has 2 heterocycles. The molecule has 0 spiro atoms. The van der Waals surface area contributed by atoms with Crippen LogP contribution in [0.4, 0.5) is 0 Å². The Morgan fingerprint density at radius 1 is 0.562 bits per heavy atom. The van der Waals surface area contributed by atoms with Crippen LogP contribution in [0.2, 0.25) is 0 Å². The van der Waals surface area contributed by atoms with Gasteiger partial charge in [-0.2, -0.15) is 0 Å². The highest BCUT2D eigenvalue weighted by Gasteiger charge is 2.43. The van der Waals surface area contributed by atoms with Crippen LogP contribution in [0, 0.1) is 13.8 Å². The minimum Gasteiger partial charge on any atom is -0.458 e. The summed E-state index contributed by atoms with van der Waals surface area (Å²) >= 11 is 0. The summed E-state index contributed by atoms with van der Waals surface area (Å²) in [7, 11) is 0. The summed E-state index contributed by atoms with van der Waals surface area (Å²) in [5, 5.41) is 0. The molecule has 0 atom stereocenters. The predicted octanol–water partition coefficient (Wildman–Crippen LogP) is 10.2. The molecule has 0 amide bonds. The quantitative estimate of drug-likeness (QED) is 0.136. The van der Waals surface area contributed by atoms with E-state index in [1.807, 2.05) is 12.2 Å². The highest BCUT2D eigenvalue weighted by molar-refractivity contribution is 6.98. The fourth-order valence-electron chi connectivity index (χ4n) is 7.33. The van der Waals surface area contributed by atoms with Gasteiger partial charge < -0.3 is 9.47 Å². The van der Waals surface area contributed by atoms with E-state index in [9.17, 15) is 0 Å². The molecule has 2 aliphatic rings. The van der Waals surface area contributed by atoms with Gasteiger partial charge in [0.2, 0.25) is 0 Å². The second-order valence-corrected chi connectivity index (χ2v) is 12.7. The Labute approximate surface area is 283 Å². The Kier molecular flexibility index (Phi) is 7.26. The molecule has 0 bridgehead atoms. The van der Waals surface area contributed by atoms with Crippen molar-refractivity contribution in [1.29, 1.82) is 0 Å². The molecule has 0 saturated carbocycles. The van der Waals surface area contributed by atoms with Gasteiger partial charge in [-0.15, -0.1) is 0 Å². The van der Waals surface area contributed by atoms with Crippen molar-refractivity contribution >= 4 is 28.7 Å². The second-order valence-electron chi connectivity index (χ2n) is 12.7. The molecule has 8 rings (SSSR count). The molecule has 6 aromatic carbocycles. The van der Waals surface area contributed by atoms with Crippen molar-refractivity contribution < 1.29 is 9.47 Å². The van der Waals surface area contributed by atoms with Crippen molar-refractivity contribution in [2.45, 2.75) is 20.8 Å². The van der Waals surface area contributed by atoms with E-state index < -0.39 is 0 Å². The molecular formula is C45H35BO2. The van der Waals surface area contributed by atoms with Crippen molar-refractivity contribution in [3.63, 3.8) is 0 Å². The van der Waals surface area contributed by atoms with E-state index in [2.05, 4.69) is 155 Å². The molecule has 0 aromatic heterocycles. The maximum absolute atomic E-state index is 7.09. The van der Waals surface area contributed by atoms with E-state index >= 15 is 0 Å². The number of hydrogen-bond acceptors (Lipinski definition) is 2. The lowest BCUT2D eigenvalue weighted by atomic mass is 9.34. The van der Waals surface area contributed by atoms with Gasteiger partial charge in [0, 0.05) is 16.6 Å². The summed E-state index contributed by atoms with van der Waals surface area (Å²) in [6.07, 6.45) is 3.77. The van der Waals surface area contributed by atoms with E-state index in [4.69, 9.17) is 9.47 Å². The number of benzene rings is 6. The Bertz CT molecular complexity index is 2310. The van der Waals surface area contributed by atoms with Crippen molar-refractivity contribution in [2.75, 3.05) is 0 Å². The zero-order valence-electron chi connectivity index (χ0n) is 27.5. The first-order valence-electron chi connectivity index (χ1n) is 16.4. The Morgan fingerprint density at radius 3 is 1.83 bits per heavy atom. The van der Waals surface area contributed by atoms with E-state index in [1.165, 1.54) is 16.7 Å². The summed E-state index contributed by atoms with van der Waals surface area (Å²) < 4.78 is 14.1. The van der Waals surface area contributed by atoms with E-state index in [0.29, 0.717) is 0 Å². The molecule has 0 aliphatic carbocycles. The van der Waals surface area contributed by atoms with Gasteiger partial charge in [0.1, 0.15) is 23.0 Å². The molecule has 6 aromatic rings. The van der Waals surface area contributed by atoms with Crippen molar-refractivity contribution in [2.24, 2.45) is 0 Å². The summed E-state index contributed by atoms with van der Waals surface area (Å²) in [4.78, 5) is 0. The maximum atomic E-state index is 7.09. The molecule has 48 heavy (non-hydrogen) atoms. The van der Waals surface area contributed by atoms with Gasteiger partial charge in [-0.3, -0.25) is 0 Å². The number of fused-ring (bicyclic) bond motifs is 4. The fraction of sp³-hybridized carbons (Fsp3) is 0.0667. The van der Waals surface area contributed by atoms with Crippen LogP contribution in [0.3, 0.4) is 0 Å². The van der Waals surface area contributed by atoms with Crippen LogP contribution in [0.25, 0.3) is 39.0 Å². The number of allylic oxidation sites excluding steroid dienone is 4. The summed E-state index contributed by atoms with van der Waals surface area (Å²) in [6, 6.07) is 43.1. The van der Waals surface area contributed by atoms with Gasteiger partial charge in [0.25, 0.3) is 6.71 Å². The number of hydrogen-bond donors (Lipinski definition) is 0. The average molecular weight is 619 g/mol. The number of rotatable bonds is 6. The molecule has 0 saturated heterocycles. The topological polar surface area (TPSA) is 18.5 Å². The molecule has 230 valence electrons. The predicted molar refractivity (Wildman–Crippen MR) is 203 cm³/mol. The van der Waals surface area contributed by atoms with Gasteiger partial charge >= 0.3 is 0 Å². The lowest BCUT2D eigenvalue weighted by molar-refractivity contribution is 0.467. The molecule has 2 aliphatic heterocycles. The zero-order chi connectivity index (χ0) is 32.9. The zero-order valence-corrected chi connectivity index (χ0v) is 27.5. The third-order valence-corrected chi connectivity index (χ3v) is 9.85. The van der Waals surface area contributed by atoms with Crippen molar-refractivity contribution in [1.82, 2.24) is 0 Å². The Morgan fingerprint density at radius 2 is 1.17 bits per heavy atom. The molecule has 0 N–H and O–H groups in total. The van der Waals surface area contributed by atoms with Crippen LogP contribution in [0.1, 0.15) is 23.6 Å². The van der Waals surface area contributed by atoms with E-state index in [0.717, 1.165) is 83.9 Å². The smallest absolute Gasteiger partial charge is 0.260 e. The lowest BCUT2D eigenvalue weighted by Gasteiger charge is -2.36. The van der Waals surface area contributed by atoms with Gasteiger partial charge in [0.05, 0.1) is 0 Å². The third kappa shape index (κ3) is 4.74. The molecule has 0 fully saturated rings. The largest absolute Gasteiger partial charge is 0.458 e. The fourth-order valence-corrected chi connectivity index (χ4v) is 7.33. The molecule has 3 heteroatoms. The van der Waals surface area contributed by atoms with Crippen LogP contribution < -0.4 is 25.9 Å². The monoisotopic (exact) mass is 618 g/mol. The van der Waals surface area contributed by atoms with Crippen LogP contribution >= 0.6 is 0 Å². The van der Waals surface area contributed by atoms with Gasteiger partial charge in [-0.05, 0) is 100.0 Å². The standard InChI is InChI=1S/C45H35BO2/c1-6-28(3)34(7-2)32-21-23-39-41(25-32)47-44-37(31-17-9-8-10-18-31)27-38(36-20-14-12-16-30(36)5)45-43(44)46(39)40-24-22-33(26-42(40)48-45)35-19-13-11-15-29(35)4/h6-27H,1-2H2,3-5H3/b34-28+. The van der Waals surface area contributed by atoms with E-state index in [1.54, 1.807) is 0 Å². The van der Waals surface area contributed by atoms with E-state index in [-0.39, 0.29) is 6.71 Å². The lowest BCUT2D eigenvalue weighted by Crippen LogP contribution is -2.57. The highest BCUT2D eigenvalue weighted by atomic mass is 16.5. The summed E-state index contributed by atoms with van der Waals surface area (Å²) in [5.74, 6) is 3.39.